The Morgan fingerprint density at radius 3 is 3.05 bits per heavy atom. The number of aromatic nitrogens is 1. The number of benzene rings is 1. The summed E-state index contributed by atoms with van der Waals surface area (Å²) in [7, 11) is 1.68. The third-order valence-corrected chi connectivity index (χ3v) is 4.24. The number of methoxy groups -OCH3 is 1. The van der Waals surface area contributed by atoms with Crippen LogP contribution in [0, 0.1) is 0 Å². The fraction of sp³-hybridized carbons (Fsp3) is 0.462. The molecule has 0 aliphatic carbocycles. The second kappa shape index (κ2) is 5.32. The third-order valence-electron chi connectivity index (χ3n) is 3.16. The molecule has 1 fully saturated rings. The number of rotatable bonds is 5. The predicted molar refractivity (Wildman–Crippen MR) is 77.9 cm³/mol. The topological polar surface area (TPSA) is 60.6 Å². The molecule has 6 heteroatoms. The van der Waals surface area contributed by atoms with E-state index < -0.39 is 0 Å². The highest BCUT2D eigenvalue weighted by Gasteiger charge is 2.29. The average molecular weight is 279 g/mol. The van der Waals surface area contributed by atoms with Crippen molar-refractivity contribution in [2.24, 2.45) is 0 Å². The van der Waals surface area contributed by atoms with Gasteiger partial charge in [-0.1, -0.05) is 11.3 Å². The highest BCUT2D eigenvalue weighted by atomic mass is 32.1. The first-order valence-electron chi connectivity index (χ1n) is 6.28. The van der Waals surface area contributed by atoms with Crippen LogP contribution in [0.3, 0.4) is 0 Å². The van der Waals surface area contributed by atoms with Crippen LogP contribution in [0.15, 0.2) is 18.2 Å². The van der Waals surface area contributed by atoms with Crippen LogP contribution in [-0.4, -0.2) is 44.5 Å². The summed E-state index contributed by atoms with van der Waals surface area (Å²) in [6.07, 6.45) is 0.298. The standard InChI is InChI=1S/C13H17N3O2S/c1-17-4-5-18-10-7-16(8-10)13-15-11-3-2-9(14)6-12(11)19-13/h2-3,6,10H,4-5,7-8,14H2,1H3. The second-order valence-electron chi connectivity index (χ2n) is 4.61. The second-order valence-corrected chi connectivity index (χ2v) is 5.62. The lowest BCUT2D eigenvalue weighted by molar-refractivity contribution is 0.00400. The number of nitrogen functional groups attached to an aromatic ring is 1. The summed E-state index contributed by atoms with van der Waals surface area (Å²) >= 11 is 1.68. The molecule has 0 bridgehead atoms. The van der Waals surface area contributed by atoms with Gasteiger partial charge < -0.3 is 20.1 Å². The van der Waals surface area contributed by atoms with Gasteiger partial charge in [-0.25, -0.2) is 4.98 Å². The first-order chi connectivity index (χ1) is 9.26. The first-order valence-corrected chi connectivity index (χ1v) is 7.09. The van der Waals surface area contributed by atoms with Gasteiger partial charge in [-0.3, -0.25) is 0 Å². The highest BCUT2D eigenvalue weighted by Crippen LogP contribution is 2.32. The molecule has 0 spiro atoms. The molecule has 1 aliphatic heterocycles. The van der Waals surface area contributed by atoms with Crippen molar-refractivity contribution in [3.05, 3.63) is 18.2 Å². The molecule has 0 amide bonds. The fourth-order valence-electron chi connectivity index (χ4n) is 2.06. The Labute approximate surface area is 115 Å². The zero-order valence-corrected chi connectivity index (χ0v) is 11.7. The van der Waals surface area contributed by atoms with Crippen LogP contribution >= 0.6 is 11.3 Å². The maximum Gasteiger partial charge on any atom is 0.186 e. The Morgan fingerprint density at radius 2 is 2.26 bits per heavy atom. The summed E-state index contributed by atoms with van der Waals surface area (Å²) in [5.74, 6) is 0. The van der Waals surface area contributed by atoms with Gasteiger partial charge in [0.05, 0.1) is 29.5 Å². The van der Waals surface area contributed by atoms with E-state index in [1.54, 1.807) is 18.4 Å². The van der Waals surface area contributed by atoms with Gasteiger partial charge in [0.15, 0.2) is 5.13 Å². The molecule has 3 rings (SSSR count). The minimum atomic E-state index is 0.298. The number of ether oxygens (including phenoxy) is 2. The molecule has 0 saturated carbocycles. The maximum absolute atomic E-state index is 5.78. The molecule has 0 radical (unpaired) electrons. The van der Waals surface area contributed by atoms with Crippen molar-refractivity contribution in [1.82, 2.24) is 4.98 Å². The summed E-state index contributed by atoms with van der Waals surface area (Å²) in [5.41, 5.74) is 7.58. The van der Waals surface area contributed by atoms with Crippen LogP contribution in [0.25, 0.3) is 10.2 Å². The third kappa shape index (κ3) is 2.65. The lowest BCUT2D eigenvalue weighted by Crippen LogP contribution is -2.52. The van der Waals surface area contributed by atoms with Crippen LogP contribution < -0.4 is 10.6 Å². The van der Waals surface area contributed by atoms with Gasteiger partial charge in [-0.15, -0.1) is 0 Å². The number of nitrogens with zero attached hydrogens (tertiary/aromatic N) is 2. The minimum absolute atomic E-state index is 0.298. The molecule has 2 N–H and O–H groups in total. The van der Waals surface area contributed by atoms with Crippen molar-refractivity contribution in [2.45, 2.75) is 6.10 Å². The van der Waals surface area contributed by atoms with Gasteiger partial charge in [0.1, 0.15) is 0 Å². The predicted octanol–water partition coefficient (Wildman–Crippen LogP) is 1.73. The Morgan fingerprint density at radius 1 is 1.42 bits per heavy atom. The SMILES string of the molecule is COCCOC1CN(c2nc3ccc(N)cc3s2)C1. The van der Waals surface area contributed by atoms with E-state index in [1.165, 1.54) is 0 Å². The van der Waals surface area contributed by atoms with Gasteiger partial charge in [0, 0.05) is 25.9 Å². The van der Waals surface area contributed by atoms with E-state index in [9.17, 15) is 0 Å². The summed E-state index contributed by atoms with van der Waals surface area (Å²) in [6.45, 7) is 3.11. The van der Waals surface area contributed by atoms with Gasteiger partial charge in [0.25, 0.3) is 0 Å². The highest BCUT2D eigenvalue weighted by molar-refractivity contribution is 7.22. The quantitative estimate of drug-likeness (QED) is 0.667. The van der Waals surface area contributed by atoms with E-state index >= 15 is 0 Å². The molecule has 0 unspecified atom stereocenters. The molecule has 0 atom stereocenters. The van der Waals surface area contributed by atoms with Crippen molar-refractivity contribution in [3.63, 3.8) is 0 Å². The lowest BCUT2D eigenvalue weighted by Gasteiger charge is -2.38. The van der Waals surface area contributed by atoms with Gasteiger partial charge in [-0.2, -0.15) is 0 Å². The van der Waals surface area contributed by atoms with Crippen molar-refractivity contribution in [2.75, 3.05) is 44.0 Å². The Kier molecular flexibility index (Phi) is 3.54. The Bertz CT molecular complexity index is 566. The molecule has 1 aromatic heterocycles. The zero-order valence-electron chi connectivity index (χ0n) is 10.8. The Balaban J connectivity index is 1.61. The van der Waals surface area contributed by atoms with Gasteiger partial charge >= 0.3 is 0 Å². The normalized spacial score (nSPS) is 15.9. The lowest BCUT2D eigenvalue weighted by atomic mass is 10.2. The van der Waals surface area contributed by atoms with E-state index in [1.807, 2.05) is 18.2 Å². The smallest absolute Gasteiger partial charge is 0.186 e. The molecule has 2 heterocycles. The number of thiazole rings is 1. The summed E-state index contributed by atoms with van der Waals surface area (Å²) in [4.78, 5) is 6.85. The number of fused-ring (bicyclic) bond motifs is 1. The molecule has 1 aliphatic rings. The van der Waals surface area contributed by atoms with Crippen LogP contribution in [-0.2, 0) is 9.47 Å². The maximum atomic E-state index is 5.78. The largest absolute Gasteiger partial charge is 0.399 e. The summed E-state index contributed by atoms with van der Waals surface area (Å²) in [6, 6.07) is 5.83. The van der Waals surface area contributed by atoms with Crippen molar-refractivity contribution in [3.8, 4) is 0 Å². The molecular weight excluding hydrogens is 262 g/mol. The number of nitrogens with two attached hydrogens (primary N) is 1. The van der Waals surface area contributed by atoms with E-state index in [0.29, 0.717) is 19.3 Å². The van der Waals surface area contributed by atoms with Crippen LogP contribution in [0.2, 0.25) is 0 Å². The van der Waals surface area contributed by atoms with Gasteiger partial charge in [0.2, 0.25) is 0 Å². The first kappa shape index (κ1) is 12.7. The molecule has 1 aromatic carbocycles. The van der Waals surface area contributed by atoms with E-state index in [0.717, 1.165) is 34.1 Å². The van der Waals surface area contributed by atoms with E-state index in [2.05, 4.69) is 9.88 Å². The Hall–Kier alpha value is -1.37. The number of hydrogen-bond donors (Lipinski definition) is 1. The number of anilines is 2. The molecule has 19 heavy (non-hydrogen) atoms. The summed E-state index contributed by atoms with van der Waals surface area (Å²) < 4.78 is 11.8. The van der Waals surface area contributed by atoms with Crippen molar-refractivity contribution < 1.29 is 9.47 Å². The molecular formula is C13H17N3O2S. The monoisotopic (exact) mass is 279 g/mol. The zero-order chi connectivity index (χ0) is 13.2. The molecule has 1 saturated heterocycles. The van der Waals surface area contributed by atoms with E-state index in [-0.39, 0.29) is 0 Å². The van der Waals surface area contributed by atoms with Crippen LogP contribution in [0.1, 0.15) is 0 Å². The fourth-order valence-corrected chi connectivity index (χ4v) is 3.09. The molecule has 2 aromatic rings. The van der Waals surface area contributed by atoms with Crippen molar-refractivity contribution in [1.29, 1.82) is 0 Å². The average Bonchev–Trinajstić information content (AvgIpc) is 2.74. The van der Waals surface area contributed by atoms with Crippen LogP contribution in [0.5, 0.6) is 0 Å². The van der Waals surface area contributed by atoms with E-state index in [4.69, 9.17) is 15.2 Å². The molecule has 102 valence electrons. The summed E-state index contributed by atoms with van der Waals surface area (Å²) in [5, 5.41) is 1.05. The van der Waals surface area contributed by atoms with Gasteiger partial charge in [-0.05, 0) is 18.2 Å². The minimum Gasteiger partial charge on any atom is -0.399 e. The number of hydrogen-bond acceptors (Lipinski definition) is 6. The molecule has 5 nitrogen and oxygen atoms in total. The van der Waals surface area contributed by atoms with Crippen LogP contribution in [0.4, 0.5) is 10.8 Å². The van der Waals surface area contributed by atoms with Crippen molar-refractivity contribution >= 4 is 32.4 Å².